The lowest BCUT2D eigenvalue weighted by Crippen LogP contribution is -1.94. The highest BCUT2D eigenvalue weighted by Gasteiger charge is 2.22. The highest BCUT2D eigenvalue weighted by atomic mass is 16.4. The third kappa shape index (κ3) is 3.77. The fraction of sp³-hybridized carbons (Fsp3) is 0. The predicted molar refractivity (Wildman–Crippen MR) is 202 cm³/mol. The van der Waals surface area contributed by atoms with Gasteiger partial charge in [0.05, 0.1) is 16.4 Å². The summed E-state index contributed by atoms with van der Waals surface area (Å²) in [5, 5.41) is 9.55. The van der Waals surface area contributed by atoms with Gasteiger partial charge in [0.2, 0.25) is 5.89 Å². The number of oxazole rings is 1. The van der Waals surface area contributed by atoms with Gasteiger partial charge in [0.15, 0.2) is 5.58 Å². The minimum Gasteiger partial charge on any atom is -0.456 e. The molecule has 0 aliphatic carbocycles. The molecule has 4 heteroatoms. The molecule has 0 N–H and O–H groups in total. The molecular weight excluding hydrogens is 601 g/mol. The second-order valence-electron chi connectivity index (χ2n) is 12.7. The van der Waals surface area contributed by atoms with Crippen LogP contribution in [0.4, 0.5) is 0 Å². The van der Waals surface area contributed by atoms with Crippen molar-refractivity contribution in [3.05, 3.63) is 158 Å². The molecule has 0 fully saturated rings. The lowest BCUT2D eigenvalue weighted by molar-refractivity contribution is 0.620. The van der Waals surface area contributed by atoms with Crippen LogP contribution in [0.5, 0.6) is 0 Å². The van der Waals surface area contributed by atoms with Crippen LogP contribution in [-0.4, -0.2) is 9.55 Å². The number of fused-ring (bicyclic) bond motifs is 12. The van der Waals surface area contributed by atoms with Gasteiger partial charge in [0.1, 0.15) is 16.7 Å². The zero-order chi connectivity index (χ0) is 32.1. The van der Waals surface area contributed by atoms with E-state index in [9.17, 15) is 0 Å². The first-order valence-corrected chi connectivity index (χ1v) is 16.5. The van der Waals surface area contributed by atoms with Crippen molar-refractivity contribution in [2.24, 2.45) is 0 Å². The molecule has 0 atom stereocenters. The molecule has 0 aliphatic heterocycles. The second-order valence-corrected chi connectivity index (χ2v) is 12.7. The number of hydrogen-bond donors (Lipinski definition) is 0. The van der Waals surface area contributed by atoms with Gasteiger partial charge in [-0.25, -0.2) is 4.98 Å². The normalized spacial score (nSPS) is 12.1. The zero-order valence-electron chi connectivity index (χ0n) is 26.2. The zero-order valence-corrected chi connectivity index (χ0v) is 26.2. The molecule has 0 saturated heterocycles. The number of benzene rings is 8. The second kappa shape index (κ2) is 9.93. The average molecular weight is 627 g/mol. The SMILES string of the molecule is c1ccc(-c2cc3oc4ccccc4c3c3nc(-c4ccc(-n5c6ccc7ccccc7c6c6c7ccccc7ccc65)cc4)oc23)cc1. The van der Waals surface area contributed by atoms with Gasteiger partial charge in [-0.15, -0.1) is 0 Å². The van der Waals surface area contributed by atoms with Crippen LogP contribution in [0, 0.1) is 0 Å². The van der Waals surface area contributed by atoms with Gasteiger partial charge in [-0.3, -0.25) is 0 Å². The van der Waals surface area contributed by atoms with Gasteiger partial charge in [-0.1, -0.05) is 109 Å². The molecule has 4 nitrogen and oxygen atoms in total. The van der Waals surface area contributed by atoms with Gasteiger partial charge < -0.3 is 13.4 Å². The topological polar surface area (TPSA) is 44.1 Å². The summed E-state index contributed by atoms with van der Waals surface area (Å²) >= 11 is 0. The van der Waals surface area contributed by atoms with E-state index in [-0.39, 0.29) is 0 Å². The van der Waals surface area contributed by atoms with E-state index in [1.54, 1.807) is 0 Å². The maximum Gasteiger partial charge on any atom is 0.227 e. The third-order valence-corrected chi connectivity index (χ3v) is 10.0. The molecule has 3 aromatic heterocycles. The van der Waals surface area contributed by atoms with E-state index in [0.717, 1.165) is 55.4 Å². The van der Waals surface area contributed by atoms with Crippen LogP contribution < -0.4 is 0 Å². The fourth-order valence-electron chi connectivity index (χ4n) is 7.81. The van der Waals surface area contributed by atoms with Crippen LogP contribution in [0.25, 0.3) is 105 Å². The Balaban J connectivity index is 1.13. The molecule has 49 heavy (non-hydrogen) atoms. The Morgan fingerprint density at radius 1 is 0.449 bits per heavy atom. The number of hydrogen-bond acceptors (Lipinski definition) is 3. The molecule has 8 aromatic carbocycles. The molecule has 11 aromatic rings. The minimum atomic E-state index is 0.579. The summed E-state index contributed by atoms with van der Waals surface area (Å²) in [6, 6.07) is 55.4. The van der Waals surface area contributed by atoms with Crippen molar-refractivity contribution in [2.75, 3.05) is 0 Å². The lowest BCUT2D eigenvalue weighted by atomic mass is 10.00. The van der Waals surface area contributed by atoms with Crippen LogP contribution in [0.2, 0.25) is 0 Å². The predicted octanol–water partition coefficient (Wildman–Crippen LogP) is 12.5. The van der Waals surface area contributed by atoms with E-state index >= 15 is 0 Å². The van der Waals surface area contributed by atoms with E-state index in [1.165, 1.54) is 43.4 Å². The van der Waals surface area contributed by atoms with Crippen molar-refractivity contribution in [3.8, 4) is 28.3 Å². The molecule has 0 radical (unpaired) electrons. The Bertz CT molecular complexity index is 3000. The Morgan fingerprint density at radius 3 is 1.76 bits per heavy atom. The van der Waals surface area contributed by atoms with Gasteiger partial charge in [-0.2, -0.15) is 0 Å². The van der Waals surface area contributed by atoms with E-state index in [1.807, 2.05) is 36.4 Å². The van der Waals surface area contributed by atoms with Gasteiger partial charge in [0, 0.05) is 33.0 Å². The number of aromatic nitrogens is 2. The molecule has 11 rings (SSSR count). The van der Waals surface area contributed by atoms with Gasteiger partial charge in [-0.05, 0) is 75.6 Å². The van der Waals surface area contributed by atoms with Gasteiger partial charge in [0.25, 0.3) is 0 Å². The standard InChI is InChI=1S/C45H26N2O2/c1-2-10-27(11-3-1)35-26-39-42(34-16-8-9-17-38(34)48-39)43-44(35)49-45(46-43)30-18-22-31(23-19-30)47-36-24-20-28-12-4-6-14-32(28)40(36)41-33-15-7-5-13-29(33)21-25-37(41)47/h1-26H. The molecular formula is C45H26N2O2. The molecule has 3 heterocycles. The fourth-order valence-corrected chi connectivity index (χ4v) is 7.81. The monoisotopic (exact) mass is 626 g/mol. The number of rotatable bonds is 3. The Kier molecular flexibility index (Phi) is 5.35. The molecule has 0 bridgehead atoms. The number of nitrogens with zero attached hydrogens (tertiary/aromatic N) is 2. The smallest absolute Gasteiger partial charge is 0.227 e. The van der Waals surface area contributed by atoms with Crippen LogP contribution in [0.3, 0.4) is 0 Å². The van der Waals surface area contributed by atoms with E-state index in [2.05, 4.69) is 126 Å². The first kappa shape index (κ1) is 26.4. The van der Waals surface area contributed by atoms with Crippen molar-refractivity contribution in [1.29, 1.82) is 0 Å². The molecule has 228 valence electrons. The summed E-state index contributed by atoms with van der Waals surface area (Å²) < 4.78 is 15.4. The Hall–Kier alpha value is -6.65. The first-order valence-electron chi connectivity index (χ1n) is 16.5. The number of para-hydroxylation sites is 1. The quantitative estimate of drug-likeness (QED) is 0.196. The maximum absolute atomic E-state index is 6.67. The van der Waals surface area contributed by atoms with Crippen molar-refractivity contribution >= 4 is 76.4 Å². The first-order chi connectivity index (χ1) is 24.3. The Morgan fingerprint density at radius 2 is 1.06 bits per heavy atom. The van der Waals surface area contributed by atoms with E-state index in [0.29, 0.717) is 5.89 Å². The van der Waals surface area contributed by atoms with Crippen molar-refractivity contribution in [2.45, 2.75) is 0 Å². The highest BCUT2D eigenvalue weighted by molar-refractivity contribution is 6.28. The van der Waals surface area contributed by atoms with Crippen molar-refractivity contribution in [1.82, 2.24) is 9.55 Å². The largest absolute Gasteiger partial charge is 0.456 e. The molecule has 0 spiro atoms. The van der Waals surface area contributed by atoms with Crippen LogP contribution in [0.1, 0.15) is 0 Å². The summed E-state index contributed by atoms with van der Waals surface area (Å²) in [5.74, 6) is 0.579. The molecule has 0 unspecified atom stereocenters. The van der Waals surface area contributed by atoms with Crippen LogP contribution in [0.15, 0.2) is 167 Å². The van der Waals surface area contributed by atoms with E-state index < -0.39 is 0 Å². The third-order valence-electron chi connectivity index (χ3n) is 10.0. The number of furan rings is 1. The molecule has 0 aliphatic rings. The van der Waals surface area contributed by atoms with Gasteiger partial charge >= 0.3 is 0 Å². The Labute approximate surface area is 280 Å². The van der Waals surface area contributed by atoms with E-state index in [4.69, 9.17) is 13.8 Å². The highest BCUT2D eigenvalue weighted by Crippen LogP contribution is 2.43. The molecule has 0 amide bonds. The summed E-state index contributed by atoms with van der Waals surface area (Å²) in [6.45, 7) is 0. The van der Waals surface area contributed by atoms with Crippen LogP contribution in [-0.2, 0) is 0 Å². The molecule has 0 saturated carbocycles. The summed E-state index contributed by atoms with van der Waals surface area (Å²) in [4.78, 5) is 5.15. The van der Waals surface area contributed by atoms with Crippen molar-refractivity contribution < 1.29 is 8.83 Å². The van der Waals surface area contributed by atoms with Crippen LogP contribution >= 0.6 is 0 Å². The summed E-state index contributed by atoms with van der Waals surface area (Å²) in [6.07, 6.45) is 0. The maximum atomic E-state index is 6.67. The minimum absolute atomic E-state index is 0.579. The average Bonchev–Trinajstić information content (AvgIpc) is 3.87. The van der Waals surface area contributed by atoms with Crippen molar-refractivity contribution in [3.63, 3.8) is 0 Å². The summed E-state index contributed by atoms with van der Waals surface area (Å²) in [7, 11) is 0. The summed E-state index contributed by atoms with van der Waals surface area (Å²) in [5.41, 5.74) is 9.57. The lowest BCUT2D eigenvalue weighted by Gasteiger charge is -2.09.